The number of carbonyl (C=O) groups is 1. The van der Waals surface area contributed by atoms with Gasteiger partial charge in [0.25, 0.3) is 0 Å². The predicted octanol–water partition coefficient (Wildman–Crippen LogP) is 5.54. The molecule has 0 amide bonds. The van der Waals surface area contributed by atoms with Gasteiger partial charge in [-0.15, -0.1) is 0 Å². The van der Waals surface area contributed by atoms with Gasteiger partial charge in [0.15, 0.2) is 0 Å². The lowest BCUT2D eigenvalue weighted by atomic mass is 10.00. The van der Waals surface area contributed by atoms with Crippen molar-refractivity contribution in [1.82, 2.24) is 0 Å². The minimum absolute atomic E-state index is 0.0819. The summed E-state index contributed by atoms with van der Waals surface area (Å²) in [6.45, 7) is 0.479. The number of hydrogen-bond donors (Lipinski definition) is 1. The van der Waals surface area contributed by atoms with Crippen LogP contribution in [0.15, 0.2) is 36.4 Å². The summed E-state index contributed by atoms with van der Waals surface area (Å²) in [7, 11) is 0. The monoisotopic (exact) mass is 387 g/mol. The molecular weight excluding hydrogens is 374 g/mol. The molecule has 2 aromatic rings. The van der Waals surface area contributed by atoms with Crippen molar-refractivity contribution in [2.75, 3.05) is 11.4 Å². The van der Waals surface area contributed by atoms with E-state index in [2.05, 4.69) is 0 Å². The molecule has 1 N–H and O–H groups in total. The lowest BCUT2D eigenvalue weighted by molar-refractivity contribution is -0.137. The Bertz CT molecular complexity index is 854. The molecule has 8 heteroatoms. The summed E-state index contributed by atoms with van der Waals surface area (Å²) in [5, 5.41) is 9.00. The number of carboxylic acid groups (broad SMARTS) is 1. The van der Waals surface area contributed by atoms with Crippen LogP contribution in [-0.2, 0) is 6.18 Å². The minimum atomic E-state index is -4.51. The highest BCUT2D eigenvalue weighted by molar-refractivity contribution is 6.33. The van der Waals surface area contributed by atoms with Crippen LogP contribution in [0.4, 0.5) is 23.2 Å². The Balaban J connectivity index is 2.00. The van der Waals surface area contributed by atoms with E-state index in [9.17, 15) is 22.4 Å². The number of nitrogens with zero attached hydrogens (tertiary/aromatic N) is 1. The first-order chi connectivity index (χ1) is 12.2. The zero-order chi connectivity index (χ0) is 19.1. The first-order valence-electron chi connectivity index (χ1n) is 7.85. The molecule has 26 heavy (non-hydrogen) atoms. The maximum absolute atomic E-state index is 14.6. The van der Waals surface area contributed by atoms with E-state index in [1.807, 2.05) is 0 Å². The molecule has 3 rings (SSSR count). The molecule has 1 fully saturated rings. The number of anilines is 1. The van der Waals surface area contributed by atoms with Crippen LogP contribution in [0.1, 0.15) is 40.4 Å². The van der Waals surface area contributed by atoms with Crippen molar-refractivity contribution in [3.05, 3.63) is 63.9 Å². The molecule has 0 radical (unpaired) electrons. The first-order valence-corrected chi connectivity index (χ1v) is 8.23. The normalized spacial score (nSPS) is 17.6. The second-order valence-electron chi connectivity index (χ2n) is 6.03. The van der Waals surface area contributed by atoms with Crippen molar-refractivity contribution >= 4 is 23.3 Å². The van der Waals surface area contributed by atoms with Gasteiger partial charge in [-0.3, -0.25) is 0 Å². The standard InChI is InChI=1S/C18H14ClF4NO2/c19-13-9-10(18(21,22)23)6-7-15(13)24-8-2-5-14(24)11-3-1-4-12(16(11)20)17(25)26/h1,3-4,6-7,9,14H,2,5,8H2,(H,25,26). The average Bonchev–Trinajstić information content (AvgIpc) is 3.03. The fourth-order valence-corrected chi connectivity index (χ4v) is 3.56. The van der Waals surface area contributed by atoms with Gasteiger partial charge < -0.3 is 10.0 Å². The Hall–Kier alpha value is -2.28. The second-order valence-corrected chi connectivity index (χ2v) is 6.44. The number of rotatable bonds is 3. The SMILES string of the molecule is O=C(O)c1cccc(C2CCCN2c2ccc(C(F)(F)F)cc2Cl)c1F. The van der Waals surface area contributed by atoms with E-state index < -0.39 is 35.1 Å². The average molecular weight is 388 g/mol. The van der Waals surface area contributed by atoms with Crippen molar-refractivity contribution < 1.29 is 27.5 Å². The number of benzene rings is 2. The van der Waals surface area contributed by atoms with E-state index in [1.165, 1.54) is 24.3 Å². The van der Waals surface area contributed by atoms with Crippen molar-refractivity contribution in [3.8, 4) is 0 Å². The summed E-state index contributed by atoms with van der Waals surface area (Å²) in [5.74, 6) is -2.21. The third-order valence-electron chi connectivity index (χ3n) is 4.46. The molecule has 1 saturated heterocycles. The van der Waals surface area contributed by atoms with Crippen LogP contribution >= 0.6 is 11.6 Å². The number of aromatic carboxylic acids is 1. The molecule has 138 valence electrons. The molecule has 0 saturated carbocycles. The number of hydrogen-bond acceptors (Lipinski definition) is 2. The van der Waals surface area contributed by atoms with Gasteiger partial charge in [-0.25, -0.2) is 9.18 Å². The zero-order valence-electron chi connectivity index (χ0n) is 13.4. The highest BCUT2D eigenvalue weighted by Gasteiger charge is 2.34. The van der Waals surface area contributed by atoms with Crippen molar-refractivity contribution in [1.29, 1.82) is 0 Å². The Morgan fingerprint density at radius 1 is 1.23 bits per heavy atom. The van der Waals surface area contributed by atoms with Gasteiger partial charge >= 0.3 is 12.1 Å². The number of halogens is 5. The van der Waals surface area contributed by atoms with E-state index in [0.29, 0.717) is 25.1 Å². The summed E-state index contributed by atoms with van der Waals surface area (Å²) < 4.78 is 53.0. The van der Waals surface area contributed by atoms with Gasteiger partial charge in [-0.1, -0.05) is 23.7 Å². The van der Waals surface area contributed by atoms with Gasteiger partial charge in [-0.2, -0.15) is 13.2 Å². The molecule has 1 unspecified atom stereocenters. The molecular formula is C18H14ClF4NO2. The minimum Gasteiger partial charge on any atom is -0.478 e. The third kappa shape index (κ3) is 3.35. The second kappa shape index (κ2) is 6.79. The molecule has 3 nitrogen and oxygen atoms in total. The Kier molecular flexibility index (Phi) is 4.84. The van der Waals surface area contributed by atoms with Crippen LogP contribution in [0.25, 0.3) is 0 Å². The molecule has 2 aromatic carbocycles. The molecule has 1 aliphatic rings. The molecule has 0 aromatic heterocycles. The fraction of sp³-hybridized carbons (Fsp3) is 0.278. The lowest BCUT2D eigenvalue weighted by Crippen LogP contribution is -2.24. The van der Waals surface area contributed by atoms with Gasteiger partial charge in [0.2, 0.25) is 0 Å². The van der Waals surface area contributed by atoms with Crippen LogP contribution in [0.5, 0.6) is 0 Å². The lowest BCUT2D eigenvalue weighted by Gasteiger charge is -2.29. The largest absolute Gasteiger partial charge is 0.478 e. The van der Waals surface area contributed by atoms with E-state index in [1.54, 1.807) is 4.90 Å². The zero-order valence-corrected chi connectivity index (χ0v) is 14.1. The van der Waals surface area contributed by atoms with Gasteiger partial charge in [-0.05, 0) is 37.1 Å². The summed E-state index contributed by atoms with van der Waals surface area (Å²) >= 11 is 6.06. The Morgan fingerprint density at radius 2 is 1.96 bits per heavy atom. The molecule has 1 heterocycles. The summed E-state index contributed by atoms with van der Waals surface area (Å²) in [5.41, 5.74) is -0.741. The highest BCUT2D eigenvalue weighted by atomic mass is 35.5. The van der Waals surface area contributed by atoms with Gasteiger partial charge in [0.1, 0.15) is 5.82 Å². The van der Waals surface area contributed by atoms with Crippen molar-refractivity contribution in [2.45, 2.75) is 25.1 Å². The van der Waals surface area contributed by atoms with Crippen LogP contribution in [0.2, 0.25) is 5.02 Å². The molecule has 1 atom stereocenters. The van der Waals surface area contributed by atoms with E-state index in [4.69, 9.17) is 16.7 Å². The molecule has 0 aliphatic carbocycles. The summed E-state index contributed by atoms with van der Waals surface area (Å²) in [6.07, 6.45) is -3.29. The van der Waals surface area contributed by atoms with Crippen molar-refractivity contribution in [2.24, 2.45) is 0 Å². The van der Waals surface area contributed by atoms with Crippen LogP contribution in [-0.4, -0.2) is 17.6 Å². The Morgan fingerprint density at radius 3 is 2.58 bits per heavy atom. The summed E-state index contributed by atoms with van der Waals surface area (Å²) in [4.78, 5) is 12.9. The molecule has 1 aliphatic heterocycles. The van der Waals surface area contributed by atoms with Gasteiger partial charge in [0, 0.05) is 12.1 Å². The smallest absolute Gasteiger partial charge is 0.416 e. The van der Waals surface area contributed by atoms with Gasteiger partial charge in [0.05, 0.1) is 27.9 Å². The van der Waals surface area contributed by atoms with Crippen LogP contribution < -0.4 is 4.90 Å². The fourth-order valence-electron chi connectivity index (χ4n) is 3.27. The van der Waals surface area contributed by atoms with E-state index in [-0.39, 0.29) is 10.6 Å². The van der Waals surface area contributed by atoms with E-state index in [0.717, 1.165) is 12.1 Å². The molecule has 0 spiro atoms. The third-order valence-corrected chi connectivity index (χ3v) is 4.76. The maximum atomic E-state index is 14.6. The quantitative estimate of drug-likeness (QED) is 0.703. The Labute approximate surface area is 151 Å². The van der Waals surface area contributed by atoms with Crippen LogP contribution in [0, 0.1) is 5.82 Å². The number of alkyl halides is 3. The topological polar surface area (TPSA) is 40.5 Å². The maximum Gasteiger partial charge on any atom is 0.416 e. The summed E-state index contributed by atoms with van der Waals surface area (Å²) in [6, 6.07) is 6.66. The predicted molar refractivity (Wildman–Crippen MR) is 89.1 cm³/mol. The van der Waals surface area contributed by atoms with E-state index >= 15 is 0 Å². The highest BCUT2D eigenvalue weighted by Crippen LogP contribution is 2.42. The molecule has 0 bridgehead atoms. The van der Waals surface area contributed by atoms with Crippen LogP contribution in [0.3, 0.4) is 0 Å². The first kappa shape index (κ1) is 18.5. The number of carboxylic acids is 1. The van der Waals surface area contributed by atoms with Crippen molar-refractivity contribution in [3.63, 3.8) is 0 Å².